The fraction of sp³-hybridized carbons (Fsp3) is 0.625. The highest BCUT2D eigenvalue weighted by Crippen LogP contribution is 2.52. The summed E-state index contributed by atoms with van der Waals surface area (Å²) < 4.78 is 48.1. The van der Waals surface area contributed by atoms with Crippen molar-refractivity contribution >= 4 is 27.9 Å². The van der Waals surface area contributed by atoms with Crippen LogP contribution in [0.5, 0.6) is 0 Å². The first-order valence-corrected chi connectivity index (χ1v) is 13.5. The lowest BCUT2D eigenvalue weighted by Gasteiger charge is -2.52. The number of esters is 1. The molecule has 4 fully saturated rings. The predicted octanol–water partition coefficient (Wildman–Crippen LogP) is 1.59. The highest BCUT2D eigenvalue weighted by Gasteiger charge is 2.53. The van der Waals surface area contributed by atoms with Gasteiger partial charge in [0.2, 0.25) is 11.8 Å². The highest BCUT2D eigenvalue weighted by atomic mass is 32.2. The number of nitrogens with zero attached hydrogens (tertiary/aromatic N) is 1. The van der Waals surface area contributed by atoms with Crippen molar-refractivity contribution in [2.45, 2.75) is 74.5 Å². The number of carbonyl (C=O) groups excluding carboxylic acids is 3. The summed E-state index contributed by atoms with van der Waals surface area (Å²) in [4.78, 5) is 37.4. The highest BCUT2D eigenvalue weighted by molar-refractivity contribution is 7.85. The first kappa shape index (κ1) is 28.0. The van der Waals surface area contributed by atoms with Gasteiger partial charge in [-0.1, -0.05) is 18.2 Å². The Morgan fingerprint density at radius 2 is 1.72 bits per heavy atom. The number of alkyl halides is 1. The SMILES string of the molecule is CCOC(=O)C12CCC(NCC(=O)N3C[C@@H](F)C[C@H]3C(N)=O)(CC1)CC2.O=S(=O)(O)c1ccccc1. The molecule has 5 rings (SSSR count). The molecule has 2 bridgehead atoms. The van der Waals surface area contributed by atoms with E-state index in [0.29, 0.717) is 6.61 Å². The standard InChI is InChI=1S/C18H28FN3O4.C6H6O3S/c1-2-26-16(25)17-3-6-18(7-4-17,8-5-17)21-10-14(23)22-11-12(19)9-13(22)15(20)24;7-10(8,9)6-4-2-1-3-5-6/h12-13,21H,2-11H2,1H3,(H2,20,24);1-5H,(H,7,8,9)/t12-,13-,17?,18?;/m0./s1. The van der Waals surface area contributed by atoms with Crippen LogP contribution in [0.2, 0.25) is 0 Å². The Hall–Kier alpha value is -2.57. The van der Waals surface area contributed by atoms with E-state index in [9.17, 15) is 27.2 Å². The summed E-state index contributed by atoms with van der Waals surface area (Å²) in [5.74, 6) is -1.05. The van der Waals surface area contributed by atoms with Gasteiger partial charge in [0, 0.05) is 12.0 Å². The average Bonchev–Trinajstić information content (AvgIpc) is 3.26. The van der Waals surface area contributed by atoms with Crippen molar-refractivity contribution in [1.29, 1.82) is 0 Å². The molecule has 3 aliphatic carbocycles. The van der Waals surface area contributed by atoms with Gasteiger partial charge in [-0.15, -0.1) is 0 Å². The molecule has 2 atom stereocenters. The molecule has 0 aromatic heterocycles. The molecular formula is C24H34FN3O7S. The summed E-state index contributed by atoms with van der Waals surface area (Å²) in [6.07, 6.45) is 3.48. The molecule has 0 radical (unpaired) electrons. The van der Waals surface area contributed by atoms with E-state index in [1.54, 1.807) is 18.2 Å². The fourth-order valence-corrected chi connectivity index (χ4v) is 5.83. The molecule has 10 nitrogen and oxygen atoms in total. The number of hydrogen-bond acceptors (Lipinski definition) is 7. The van der Waals surface area contributed by atoms with Crippen LogP contribution in [0.25, 0.3) is 0 Å². The van der Waals surface area contributed by atoms with Gasteiger partial charge in [0.05, 0.1) is 30.0 Å². The van der Waals surface area contributed by atoms with Crippen LogP contribution in [0.1, 0.15) is 51.9 Å². The van der Waals surface area contributed by atoms with E-state index in [1.807, 2.05) is 6.92 Å². The van der Waals surface area contributed by atoms with Crippen molar-refractivity contribution < 1.29 is 36.5 Å². The maximum Gasteiger partial charge on any atom is 0.312 e. The topological polar surface area (TPSA) is 156 Å². The fourth-order valence-electron chi connectivity index (χ4n) is 5.33. The minimum absolute atomic E-state index is 0.0196. The third-order valence-corrected chi connectivity index (χ3v) is 8.38. The van der Waals surface area contributed by atoms with Gasteiger partial charge in [-0.05, 0) is 57.6 Å². The number of nitrogens with two attached hydrogens (primary N) is 1. The average molecular weight is 528 g/mol. The van der Waals surface area contributed by atoms with Gasteiger partial charge < -0.3 is 20.7 Å². The number of likely N-dealkylation sites (tertiary alicyclic amines) is 1. The molecule has 0 spiro atoms. The lowest BCUT2D eigenvalue weighted by atomic mass is 9.57. The van der Waals surface area contributed by atoms with Crippen molar-refractivity contribution in [3.05, 3.63) is 30.3 Å². The van der Waals surface area contributed by atoms with Gasteiger partial charge in [-0.2, -0.15) is 8.42 Å². The molecule has 1 aromatic carbocycles. The van der Waals surface area contributed by atoms with Gasteiger partial charge in [0.15, 0.2) is 0 Å². The van der Waals surface area contributed by atoms with E-state index in [1.165, 1.54) is 17.0 Å². The molecular weight excluding hydrogens is 493 g/mol. The number of fused-ring (bicyclic) bond motifs is 3. The number of rotatable bonds is 7. The Labute approximate surface area is 210 Å². The molecule has 2 amide bonds. The summed E-state index contributed by atoms with van der Waals surface area (Å²) in [6, 6.07) is 6.57. The number of nitrogens with one attached hydrogen (secondary N) is 1. The number of amides is 2. The van der Waals surface area contributed by atoms with Crippen molar-refractivity contribution in [2.24, 2.45) is 11.1 Å². The van der Waals surface area contributed by atoms with Crippen molar-refractivity contribution in [3.63, 3.8) is 0 Å². The van der Waals surface area contributed by atoms with Crippen LogP contribution < -0.4 is 11.1 Å². The van der Waals surface area contributed by atoms with Crippen LogP contribution in [0, 0.1) is 5.41 Å². The molecule has 36 heavy (non-hydrogen) atoms. The quantitative estimate of drug-likeness (QED) is 0.357. The Morgan fingerprint density at radius 3 is 2.19 bits per heavy atom. The monoisotopic (exact) mass is 527 g/mol. The summed E-state index contributed by atoms with van der Waals surface area (Å²) in [6.45, 7) is 2.19. The molecule has 12 heteroatoms. The van der Waals surface area contributed by atoms with Crippen molar-refractivity contribution in [3.8, 4) is 0 Å². The first-order valence-electron chi connectivity index (χ1n) is 12.1. The van der Waals surface area contributed by atoms with Crippen molar-refractivity contribution in [1.82, 2.24) is 10.2 Å². The Morgan fingerprint density at radius 1 is 1.14 bits per heavy atom. The number of halogens is 1. The third kappa shape index (κ3) is 6.40. The normalized spacial score (nSPS) is 29.2. The van der Waals surface area contributed by atoms with E-state index >= 15 is 0 Å². The number of benzene rings is 1. The van der Waals surface area contributed by atoms with E-state index < -0.39 is 28.2 Å². The molecule has 200 valence electrons. The Bertz CT molecular complexity index is 1040. The smallest absolute Gasteiger partial charge is 0.312 e. The second-order valence-electron chi connectivity index (χ2n) is 9.72. The molecule has 4 N–H and O–H groups in total. The van der Waals surface area contributed by atoms with Crippen LogP contribution in [0.15, 0.2) is 35.2 Å². The molecule has 1 heterocycles. The Balaban J connectivity index is 0.000000303. The van der Waals surface area contributed by atoms with Crippen LogP contribution in [0.4, 0.5) is 4.39 Å². The summed E-state index contributed by atoms with van der Waals surface area (Å²) in [7, 11) is -4.00. The molecule has 1 aromatic rings. The molecule has 1 saturated heterocycles. The van der Waals surface area contributed by atoms with Gasteiger partial charge in [-0.25, -0.2) is 4.39 Å². The zero-order valence-corrected chi connectivity index (χ0v) is 21.1. The van der Waals surface area contributed by atoms with Crippen LogP contribution in [-0.4, -0.2) is 73.1 Å². The maximum absolute atomic E-state index is 13.6. The van der Waals surface area contributed by atoms with Gasteiger partial charge in [0.25, 0.3) is 10.1 Å². The van der Waals surface area contributed by atoms with Gasteiger partial charge >= 0.3 is 5.97 Å². The van der Waals surface area contributed by atoms with E-state index in [2.05, 4.69) is 5.32 Å². The zero-order chi connectivity index (χ0) is 26.6. The van der Waals surface area contributed by atoms with Gasteiger partial charge in [-0.3, -0.25) is 18.9 Å². The van der Waals surface area contributed by atoms with E-state index in [0.717, 1.165) is 38.5 Å². The largest absolute Gasteiger partial charge is 0.466 e. The van der Waals surface area contributed by atoms with E-state index in [-0.39, 0.29) is 47.2 Å². The second kappa shape index (κ2) is 11.2. The van der Waals surface area contributed by atoms with Crippen LogP contribution >= 0.6 is 0 Å². The summed E-state index contributed by atoms with van der Waals surface area (Å²) in [5, 5.41) is 3.34. The molecule has 1 aliphatic heterocycles. The lowest BCUT2D eigenvalue weighted by Crippen LogP contribution is -2.59. The molecule has 4 aliphatic rings. The Kier molecular flexibility index (Phi) is 8.73. The number of ether oxygens (including phenoxy) is 1. The molecule has 3 saturated carbocycles. The first-order chi connectivity index (χ1) is 16.9. The number of primary amides is 1. The summed E-state index contributed by atoms with van der Waals surface area (Å²) in [5.41, 5.74) is 4.76. The number of carbonyl (C=O) groups is 3. The molecule has 0 unspecified atom stereocenters. The summed E-state index contributed by atoms with van der Waals surface area (Å²) >= 11 is 0. The van der Waals surface area contributed by atoms with E-state index in [4.69, 9.17) is 15.0 Å². The zero-order valence-electron chi connectivity index (χ0n) is 20.3. The van der Waals surface area contributed by atoms with Crippen LogP contribution in [-0.2, 0) is 29.2 Å². The second-order valence-corrected chi connectivity index (χ2v) is 11.1. The number of hydrogen-bond donors (Lipinski definition) is 3. The predicted molar refractivity (Wildman–Crippen MR) is 128 cm³/mol. The maximum atomic E-state index is 13.6. The van der Waals surface area contributed by atoms with Crippen molar-refractivity contribution in [2.75, 3.05) is 19.7 Å². The minimum atomic E-state index is -4.00. The third-order valence-electron chi connectivity index (χ3n) is 7.51. The lowest BCUT2D eigenvalue weighted by molar-refractivity contribution is -0.163. The van der Waals surface area contributed by atoms with Gasteiger partial charge in [0.1, 0.15) is 12.2 Å². The van der Waals surface area contributed by atoms with Crippen LogP contribution in [0.3, 0.4) is 0 Å². The minimum Gasteiger partial charge on any atom is -0.466 e.